The predicted molar refractivity (Wildman–Crippen MR) is 96.2 cm³/mol. The van der Waals surface area contributed by atoms with E-state index in [0.29, 0.717) is 17.2 Å². The summed E-state index contributed by atoms with van der Waals surface area (Å²) >= 11 is 1.41. The molecule has 7 heteroatoms. The summed E-state index contributed by atoms with van der Waals surface area (Å²) in [7, 11) is 3.14. The zero-order valence-corrected chi connectivity index (χ0v) is 15.0. The van der Waals surface area contributed by atoms with Gasteiger partial charge in [-0.2, -0.15) is 0 Å². The Balaban J connectivity index is 1.70. The van der Waals surface area contributed by atoms with Crippen molar-refractivity contribution in [3.63, 3.8) is 0 Å². The monoisotopic (exact) mass is 373 g/mol. The van der Waals surface area contributed by atoms with Crippen LogP contribution in [0.15, 0.2) is 47.8 Å². The van der Waals surface area contributed by atoms with Gasteiger partial charge in [0, 0.05) is 10.9 Å². The number of halogens is 1. The molecule has 0 saturated carbocycles. The molecule has 0 amide bonds. The molecule has 0 atom stereocenters. The van der Waals surface area contributed by atoms with Gasteiger partial charge in [-0.15, -0.1) is 11.3 Å². The Morgan fingerprint density at radius 2 is 1.88 bits per heavy atom. The van der Waals surface area contributed by atoms with Crippen molar-refractivity contribution >= 4 is 17.3 Å². The fraction of sp³-hybridized carbons (Fsp3) is 0.158. The van der Waals surface area contributed by atoms with Crippen molar-refractivity contribution in [3.8, 4) is 22.1 Å². The fourth-order valence-corrected chi connectivity index (χ4v) is 3.12. The second kappa shape index (κ2) is 7.97. The lowest BCUT2D eigenvalue weighted by molar-refractivity contribution is 0.0463. The Morgan fingerprint density at radius 3 is 2.62 bits per heavy atom. The van der Waals surface area contributed by atoms with Gasteiger partial charge in [-0.1, -0.05) is 12.1 Å². The van der Waals surface area contributed by atoms with Crippen LogP contribution in [-0.2, 0) is 11.3 Å². The molecule has 2 aromatic carbocycles. The zero-order valence-electron chi connectivity index (χ0n) is 14.2. The Kier molecular flexibility index (Phi) is 5.48. The van der Waals surface area contributed by atoms with E-state index in [2.05, 4.69) is 4.98 Å². The van der Waals surface area contributed by atoms with Gasteiger partial charge in [-0.05, 0) is 30.3 Å². The topological polar surface area (TPSA) is 57.7 Å². The number of hydrogen-bond donors (Lipinski definition) is 0. The van der Waals surface area contributed by atoms with Crippen molar-refractivity contribution < 1.29 is 23.4 Å². The van der Waals surface area contributed by atoms with Crippen molar-refractivity contribution in [1.29, 1.82) is 0 Å². The third kappa shape index (κ3) is 3.83. The van der Waals surface area contributed by atoms with Gasteiger partial charge in [-0.25, -0.2) is 14.2 Å². The lowest BCUT2D eigenvalue weighted by Gasteiger charge is -2.08. The molecule has 3 rings (SSSR count). The maximum Gasteiger partial charge on any atom is 0.341 e. The van der Waals surface area contributed by atoms with Gasteiger partial charge in [0.15, 0.2) is 11.5 Å². The Bertz CT molecular complexity index is 925. The predicted octanol–water partition coefficient (Wildman–Crippen LogP) is 4.32. The average molecular weight is 373 g/mol. The fourth-order valence-electron chi connectivity index (χ4n) is 2.32. The first kappa shape index (κ1) is 17.9. The summed E-state index contributed by atoms with van der Waals surface area (Å²) in [5, 5.41) is 2.55. The van der Waals surface area contributed by atoms with Crippen LogP contribution in [0.5, 0.6) is 11.5 Å². The number of esters is 1. The highest BCUT2D eigenvalue weighted by Crippen LogP contribution is 2.33. The number of carbonyl (C=O) groups is 1. The van der Waals surface area contributed by atoms with Crippen LogP contribution in [0.1, 0.15) is 16.1 Å². The third-order valence-corrected chi connectivity index (χ3v) is 4.57. The minimum atomic E-state index is -0.719. The number of ether oxygens (including phenoxy) is 3. The van der Waals surface area contributed by atoms with Crippen LogP contribution >= 0.6 is 11.3 Å². The van der Waals surface area contributed by atoms with Gasteiger partial charge in [-0.3, -0.25) is 0 Å². The summed E-state index contributed by atoms with van der Waals surface area (Å²) in [6, 6.07) is 11.2. The van der Waals surface area contributed by atoms with Gasteiger partial charge in [0.2, 0.25) is 0 Å². The van der Waals surface area contributed by atoms with Gasteiger partial charge in [0.1, 0.15) is 17.4 Å². The van der Waals surface area contributed by atoms with E-state index in [0.717, 1.165) is 10.6 Å². The van der Waals surface area contributed by atoms with E-state index in [4.69, 9.17) is 14.2 Å². The molecule has 0 radical (unpaired) electrons. The first-order valence-corrected chi connectivity index (χ1v) is 8.58. The Hall–Kier alpha value is -2.93. The normalized spacial score (nSPS) is 10.4. The number of hydrogen-bond acceptors (Lipinski definition) is 6. The molecule has 0 fully saturated rings. The van der Waals surface area contributed by atoms with Crippen LogP contribution in [0.25, 0.3) is 10.6 Å². The van der Waals surface area contributed by atoms with Gasteiger partial charge in [0.25, 0.3) is 0 Å². The molecule has 0 bridgehead atoms. The van der Waals surface area contributed by atoms with Crippen molar-refractivity contribution in [3.05, 3.63) is 64.9 Å². The summed E-state index contributed by atoms with van der Waals surface area (Å²) in [5.74, 6) is -0.0925. The van der Waals surface area contributed by atoms with E-state index >= 15 is 0 Å². The summed E-state index contributed by atoms with van der Waals surface area (Å²) in [6.45, 7) is -0.0308. The van der Waals surface area contributed by atoms with E-state index in [1.165, 1.54) is 29.5 Å². The standard InChI is InChI=1S/C19H16FNO4S/c1-23-16-8-7-12(9-17(16)24-2)18-21-13(11-26-18)10-25-19(22)14-5-3-4-6-15(14)20/h3-9,11H,10H2,1-2H3. The molecule has 5 nitrogen and oxygen atoms in total. The number of thiazole rings is 1. The minimum absolute atomic E-state index is 0.0308. The molecule has 3 aromatic rings. The molecular weight excluding hydrogens is 357 g/mol. The lowest BCUT2D eigenvalue weighted by Crippen LogP contribution is -2.07. The van der Waals surface area contributed by atoms with E-state index in [1.807, 2.05) is 12.1 Å². The summed E-state index contributed by atoms with van der Waals surface area (Å²) < 4.78 is 29.2. The number of aromatic nitrogens is 1. The van der Waals surface area contributed by atoms with E-state index in [-0.39, 0.29) is 12.2 Å². The highest BCUT2D eigenvalue weighted by atomic mass is 32.1. The quantitative estimate of drug-likeness (QED) is 0.602. The highest BCUT2D eigenvalue weighted by molar-refractivity contribution is 7.13. The van der Waals surface area contributed by atoms with Gasteiger partial charge >= 0.3 is 5.97 Å². The van der Waals surface area contributed by atoms with Crippen LogP contribution in [0.3, 0.4) is 0 Å². The molecule has 0 unspecified atom stereocenters. The second-order valence-corrected chi connectivity index (χ2v) is 6.13. The van der Waals surface area contributed by atoms with Crippen molar-refractivity contribution in [2.24, 2.45) is 0 Å². The number of carbonyl (C=O) groups excluding carboxylic acids is 1. The minimum Gasteiger partial charge on any atom is -0.493 e. The Labute approximate surface area is 154 Å². The SMILES string of the molecule is COc1ccc(-c2nc(COC(=O)c3ccccc3F)cs2)cc1OC. The van der Waals surface area contributed by atoms with Crippen molar-refractivity contribution in [1.82, 2.24) is 4.98 Å². The van der Waals surface area contributed by atoms with Crippen molar-refractivity contribution in [2.75, 3.05) is 14.2 Å². The smallest absolute Gasteiger partial charge is 0.341 e. The molecule has 26 heavy (non-hydrogen) atoms. The maximum absolute atomic E-state index is 13.6. The van der Waals surface area contributed by atoms with Gasteiger partial charge < -0.3 is 14.2 Å². The number of rotatable bonds is 6. The summed E-state index contributed by atoms with van der Waals surface area (Å²) in [6.07, 6.45) is 0. The van der Waals surface area contributed by atoms with Gasteiger partial charge in [0.05, 0.1) is 25.5 Å². The number of nitrogens with zero attached hydrogens (tertiary/aromatic N) is 1. The summed E-state index contributed by atoms with van der Waals surface area (Å²) in [4.78, 5) is 16.4. The van der Waals surface area contributed by atoms with Crippen LogP contribution in [-0.4, -0.2) is 25.2 Å². The number of benzene rings is 2. The van der Waals surface area contributed by atoms with Crippen molar-refractivity contribution in [2.45, 2.75) is 6.61 Å². The molecule has 0 spiro atoms. The molecule has 134 valence electrons. The van der Waals surface area contributed by atoms with Crippen LogP contribution in [0, 0.1) is 5.82 Å². The van der Waals surface area contributed by atoms with Crippen LogP contribution in [0.4, 0.5) is 4.39 Å². The number of methoxy groups -OCH3 is 2. The van der Waals surface area contributed by atoms with E-state index in [1.54, 1.807) is 31.7 Å². The molecule has 1 aromatic heterocycles. The zero-order chi connectivity index (χ0) is 18.5. The Morgan fingerprint density at radius 1 is 1.12 bits per heavy atom. The highest BCUT2D eigenvalue weighted by Gasteiger charge is 2.14. The van der Waals surface area contributed by atoms with Crippen LogP contribution in [0.2, 0.25) is 0 Å². The molecule has 0 N–H and O–H groups in total. The maximum atomic E-state index is 13.6. The summed E-state index contributed by atoms with van der Waals surface area (Å²) in [5.41, 5.74) is 1.35. The molecule has 0 aliphatic rings. The molecule has 0 aliphatic carbocycles. The molecular formula is C19H16FNO4S. The van der Waals surface area contributed by atoms with E-state index < -0.39 is 11.8 Å². The molecule has 0 saturated heterocycles. The first-order chi connectivity index (χ1) is 12.6. The third-order valence-electron chi connectivity index (χ3n) is 3.63. The second-order valence-electron chi connectivity index (χ2n) is 5.27. The van der Waals surface area contributed by atoms with E-state index in [9.17, 15) is 9.18 Å². The largest absolute Gasteiger partial charge is 0.493 e. The first-order valence-electron chi connectivity index (χ1n) is 7.71. The average Bonchev–Trinajstić information content (AvgIpc) is 3.15. The van der Waals surface area contributed by atoms with Crippen LogP contribution < -0.4 is 9.47 Å². The molecule has 1 heterocycles. The molecule has 0 aliphatic heterocycles. The lowest BCUT2D eigenvalue weighted by atomic mass is 10.2.